The van der Waals surface area contributed by atoms with Crippen LogP contribution >= 0.6 is 0 Å². The lowest BCUT2D eigenvalue weighted by molar-refractivity contribution is 0.116. The Hall–Kier alpha value is -2.96. The molecule has 0 aliphatic carbocycles. The van der Waals surface area contributed by atoms with Gasteiger partial charge in [-0.15, -0.1) is 10.2 Å². The van der Waals surface area contributed by atoms with Gasteiger partial charge in [0.25, 0.3) is 5.89 Å². The second kappa shape index (κ2) is 9.27. The van der Waals surface area contributed by atoms with Crippen LogP contribution in [0.4, 0.5) is 18.9 Å². The molecule has 8 nitrogen and oxygen atoms in total. The molecule has 1 aromatic heterocycles. The monoisotopic (exact) mass is 467 g/mol. The molecule has 1 aliphatic rings. The summed E-state index contributed by atoms with van der Waals surface area (Å²) in [5.74, 6) is -1.84. The van der Waals surface area contributed by atoms with Gasteiger partial charge in [0.1, 0.15) is 5.82 Å². The predicted molar refractivity (Wildman–Crippen MR) is 111 cm³/mol. The standard InChI is InChI=1S/C20H20F3N5O3S/c21-17-12-14(19-25-26-20(31-19)18(22)23)6-7-15(17)13-28(16-4-2-1-3-5-16)32(29,30)27-10-8-24-9-11-27/h1-7,12,18,24H,8-11,13H2. The predicted octanol–water partition coefficient (Wildman–Crippen LogP) is 2.97. The zero-order valence-electron chi connectivity index (χ0n) is 16.8. The largest absolute Gasteiger partial charge is 0.415 e. The smallest absolute Gasteiger partial charge is 0.314 e. The van der Waals surface area contributed by atoms with Gasteiger partial charge in [0.15, 0.2) is 0 Å². The number of hydrogen-bond donors (Lipinski definition) is 1. The van der Waals surface area contributed by atoms with E-state index in [2.05, 4.69) is 15.5 Å². The van der Waals surface area contributed by atoms with Gasteiger partial charge in [-0.05, 0) is 24.3 Å². The maximum atomic E-state index is 14.9. The Morgan fingerprint density at radius 3 is 2.44 bits per heavy atom. The average molecular weight is 467 g/mol. The van der Waals surface area contributed by atoms with Gasteiger partial charge in [-0.25, -0.2) is 4.39 Å². The van der Waals surface area contributed by atoms with Crippen molar-refractivity contribution in [2.45, 2.75) is 13.0 Å². The number of para-hydroxylation sites is 1. The molecule has 0 radical (unpaired) electrons. The summed E-state index contributed by atoms with van der Waals surface area (Å²) in [6, 6.07) is 12.3. The number of benzene rings is 2. The van der Waals surface area contributed by atoms with Crippen LogP contribution in [0, 0.1) is 5.82 Å². The molecule has 1 N–H and O–H groups in total. The van der Waals surface area contributed by atoms with Gasteiger partial charge in [0.05, 0.1) is 12.2 Å². The van der Waals surface area contributed by atoms with Gasteiger partial charge in [0, 0.05) is 37.3 Å². The van der Waals surface area contributed by atoms with E-state index in [0.717, 1.165) is 10.4 Å². The van der Waals surface area contributed by atoms with Crippen LogP contribution in [0.2, 0.25) is 0 Å². The molecule has 3 aromatic rings. The SMILES string of the molecule is O=S(=O)(N1CCNCC1)N(Cc1ccc(-c2nnc(C(F)F)o2)cc1F)c1ccccc1. The minimum absolute atomic E-state index is 0.102. The molecule has 1 saturated heterocycles. The molecule has 0 spiro atoms. The van der Waals surface area contributed by atoms with Crippen LogP contribution in [0.3, 0.4) is 0 Å². The molecule has 4 rings (SSSR count). The van der Waals surface area contributed by atoms with Crippen LogP contribution in [0.15, 0.2) is 52.9 Å². The lowest BCUT2D eigenvalue weighted by atomic mass is 10.1. The Kier molecular flexibility index (Phi) is 6.44. The number of alkyl halides is 2. The fraction of sp³-hybridized carbons (Fsp3) is 0.300. The molecule has 0 amide bonds. The Bertz CT molecular complexity index is 1170. The summed E-state index contributed by atoms with van der Waals surface area (Å²) < 4.78 is 74.3. The second-order valence-electron chi connectivity index (χ2n) is 7.05. The fourth-order valence-corrected chi connectivity index (χ4v) is 4.93. The number of anilines is 1. The van der Waals surface area contributed by atoms with Gasteiger partial charge in [-0.2, -0.15) is 21.5 Å². The lowest BCUT2D eigenvalue weighted by Crippen LogP contribution is -2.51. The topological polar surface area (TPSA) is 91.6 Å². The first-order chi connectivity index (χ1) is 15.4. The normalized spacial score (nSPS) is 15.2. The number of piperazine rings is 1. The highest BCUT2D eigenvalue weighted by Gasteiger charge is 2.31. The van der Waals surface area contributed by atoms with E-state index in [-0.39, 0.29) is 23.6 Å². The number of hydrogen-bond acceptors (Lipinski definition) is 6. The number of aromatic nitrogens is 2. The molecule has 2 heterocycles. The first kappa shape index (κ1) is 22.2. The Morgan fingerprint density at radius 2 is 1.81 bits per heavy atom. The maximum Gasteiger partial charge on any atom is 0.314 e. The van der Waals surface area contributed by atoms with E-state index in [1.165, 1.54) is 16.4 Å². The molecule has 0 saturated carbocycles. The number of nitrogens with zero attached hydrogens (tertiary/aromatic N) is 4. The zero-order valence-corrected chi connectivity index (χ0v) is 17.6. The zero-order chi connectivity index (χ0) is 22.7. The summed E-state index contributed by atoms with van der Waals surface area (Å²) in [6.07, 6.45) is -2.94. The minimum Gasteiger partial charge on any atom is -0.415 e. The first-order valence-electron chi connectivity index (χ1n) is 9.80. The third-order valence-corrected chi connectivity index (χ3v) is 6.88. The Balaban J connectivity index is 1.65. The van der Waals surface area contributed by atoms with Gasteiger partial charge in [-0.3, -0.25) is 4.31 Å². The van der Waals surface area contributed by atoms with Crippen LogP contribution in [0.25, 0.3) is 11.5 Å². The summed E-state index contributed by atoms with van der Waals surface area (Å²) in [5, 5.41) is 9.84. The van der Waals surface area contributed by atoms with Crippen molar-refractivity contribution in [3.05, 3.63) is 65.8 Å². The highest BCUT2D eigenvalue weighted by atomic mass is 32.2. The van der Waals surface area contributed by atoms with Gasteiger partial charge >= 0.3 is 16.6 Å². The number of rotatable bonds is 7. The Labute approximate surface area is 182 Å². The van der Waals surface area contributed by atoms with Crippen LogP contribution < -0.4 is 9.62 Å². The third kappa shape index (κ3) is 4.61. The maximum absolute atomic E-state index is 14.9. The van der Waals surface area contributed by atoms with E-state index in [9.17, 15) is 21.6 Å². The molecule has 0 atom stereocenters. The molecule has 1 fully saturated rings. The summed E-state index contributed by atoms with van der Waals surface area (Å²) in [6.45, 7) is 1.40. The van der Waals surface area contributed by atoms with Crippen molar-refractivity contribution in [2.24, 2.45) is 0 Å². The lowest BCUT2D eigenvalue weighted by Gasteiger charge is -2.33. The molecular formula is C20H20F3N5O3S. The van der Waals surface area contributed by atoms with Crippen molar-refractivity contribution in [1.29, 1.82) is 0 Å². The number of nitrogens with one attached hydrogen (secondary N) is 1. The Morgan fingerprint density at radius 1 is 1.09 bits per heavy atom. The summed E-state index contributed by atoms with van der Waals surface area (Å²) in [5.41, 5.74) is 0.611. The molecule has 170 valence electrons. The van der Waals surface area contributed by atoms with Crippen LogP contribution in [0.5, 0.6) is 0 Å². The first-order valence-corrected chi connectivity index (χ1v) is 11.2. The van der Waals surface area contributed by atoms with Crippen LogP contribution in [-0.2, 0) is 16.8 Å². The van der Waals surface area contributed by atoms with Crippen molar-refractivity contribution in [3.8, 4) is 11.5 Å². The van der Waals surface area contributed by atoms with Gasteiger partial charge in [0.2, 0.25) is 5.89 Å². The van der Waals surface area contributed by atoms with E-state index >= 15 is 0 Å². The third-order valence-electron chi connectivity index (χ3n) is 4.97. The molecule has 32 heavy (non-hydrogen) atoms. The van der Waals surface area contributed by atoms with E-state index in [1.54, 1.807) is 30.3 Å². The van der Waals surface area contributed by atoms with Crippen molar-refractivity contribution in [2.75, 3.05) is 30.5 Å². The van der Waals surface area contributed by atoms with E-state index in [4.69, 9.17) is 4.42 Å². The summed E-state index contributed by atoms with van der Waals surface area (Å²) >= 11 is 0. The van der Waals surface area contributed by atoms with Crippen molar-refractivity contribution >= 4 is 15.9 Å². The van der Waals surface area contributed by atoms with Gasteiger partial charge < -0.3 is 9.73 Å². The highest BCUT2D eigenvalue weighted by Crippen LogP contribution is 2.28. The van der Waals surface area contributed by atoms with E-state index < -0.39 is 28.3 Å². The molecule has 2 aromatic carbocycles. The second-order valence-corrected chi connectivity index (χ2v) is 8.90. The van der Waals surface area contributed by atoms with Gasteiger partial charge in [-0.1, -0.05) is 24.3 Å². The average Bonchev–Trinajstić information content (AvgIpc) is 3.30. The van der Waals surface area contributed by atoms with Crippen molar-refractivity contribution in [1.82, 2.24) is 19.8 Å². The van der Waals surface area contributed by atoms with Crippen molar-refractivity contribution in [3.63, 3.8) is 0 Å². The van der Waals surface area contributed by atoms with Crippen molar-refractivity contribution < 1.29 is 26.0 Å². The summed E-state index contributed by atoms with van der Waals surface area (Å²) in [7, 11) is -3.92. The van der Waals surface area contributed by atoms with Crippen LogP contribution in [-0.4, -0.2) is 49.1 Å². The highest BCUT2D eigenvalue weighted by molar-refractivity contribution is 7.90. The molecule has 12 heteroatoms. The van der Waals surface area contributed by atoms with E-state index in [0.29, 0.717) is 31.9 Å². The number of halogens is 3. The molecule has 0 bridgehead atoms. The van der Waals surface area contributed by atoms with E-state index in [1.807, 2.05) is 0 Å². The fourth-order valence-electron chi connectivity index (χ4n) is 3.32. The molecule has 0 unspecified atom stereocenters. The molecule has 1 aliphatic heterocycles. The molecular weight excluding hydrogens is 447 g/mol. The summed E-state index contributed by atoms with van der Waals surface area (Å²) in [4.78, 5) is 0. The van der Waals surface area contributed by atoms with Crippen LogP contribution in [0.1, 0.15) is 17.9 Å². The quantitative estimate of drug-likeness (QED) is 0.575. The minimum atomic E-state index is -3.92.